The summed E-state index contributed by atoms with van der Waals surface area (Å²) < 4.78 is 0. The molecule has 0 aromatic heterocycles. The van der Waals surface area contributed by atoms with Crippen molar-refractivity contribution in [3.8, 4) is 0 Å². The van der Waals surface area contributed by atoms with Crippen LogP contribution in [0.15, 0.2) is 0 Å². The van der Waals surface area contributed by atoms with Crippen LogP contribution in [-0.2, 0) is 4.79 Å². The average Bonchev–Trinajstić information content (AvgIpc) is 1.97. The molecule has 2 N–H and O–H groups in total. The van der Waals surface area contributed by atoms with Crippen molar-refractivity contribution in [3.63, 3.8) is 0 Å². The van der Waals surface area contributed by atoms with E-state index in [0.29, 0.717) is 12.5 Å². The molecule has 0 bridgehead atoms. The molecule has 3 nitrogen and oxygen atoms in total. The molecule has 0 aliphatic carbocycles. The summed E-state index contributed by atoms with van der Waals surface area (Å²) in [6.45, 7) is 8.19. The monoisotopic (exact) mass is 170 g/mol. The maximum absolute atomic E-state index is 11.7. The lowest BCUT2D eigenvalue weighted by Gasteiger charge is -2.41. The molecule has 0 atom stereocenters. The van der Waals surface area contributed by atoms with E-state index in [9.17, 15) is 4.79 Å². The highest BCUT2D eigenvalue weighted by Gasteiger charge is 2.35. The van der Waals surface area contributed by atoms with Gasteiger partial charge in [-0.1, -0.05) is 6.92 Å². The van der Waals surface area contributed by atoms with Gasteiger partial charge >= 0.3 is 0 Å². The number of amides is 1. The van der Waals surface area contributed by atoms with Crippen molar-refractivity contribution in [1.29, 1.82) is 0 Å². The largest absolute Gasteiger partial charge is 0.342 e. The van der Waals surface area contributed by atoms with Crippen molar-refractivity contribution in [3.05, 3.63) is 0 Å². The Balaban J connectivity index is 2.48. The van der Waals surface area contributed by atoms with Gasteiger partial charge in [-0.15, -0.1) is 0 Å². The Labute approximate surface area is 73.9 Å². The van der Waals surface area contributed by atoms with Crippen LogP contribution in [0.4, 0.5) is 0 Å². The van der Waals surface area contributed by atoms with Gasteiger partial charge in [-0.05, 0) is 19.8 Å². The molecule has 0 unspecified atom stereocenters. The second kappa shape index (κ2) is 3.05. The highest BCUT2D eigenvalue weighted by Crippen LogP contribution is 2.23. The zero-order valence-corrected chi connectivity index (χ0v) is 8.13. The van der Waals surface area contributed by atoms with Gasteiger partial charge in [0.25, 0.3) is 0 Å². The van der Waals surface area contributed by atoms with E-state index in [1.165, 1.54) is 0 Å². The predicted molar refractivity (Wildman–Crippen MR) is 48.6 cm³/mol. The van der Waals surface area contributed by atoms with Gasteiger partial charge in [0.05, 0.1) is 5.41 Å². The maximum Gasteiger partial charge on any atom is 0.229 e. The first-order chi connectivity index (χ1) is 5.47. The molecule has 1 aliphatic heterocycles. The lowest BCUT2D eigenvalue weighted by molar-refractivity contribution is -0.146. The normalized spacial score (nSPS) is 19.2. The molecule has 12 heavy (non-hydrogen) atoms. The predicted octanol–water partition coefficient (Wildman–Crippen LogP) is 0.450. The standard InChI is InChI=1S/C9H18N2O/c1-7-4-11(5-7)8(12)9(2,3)6-10/h7H,4-6,10H2,1-3H3. The van der Waals surface area contributed by atoms with Crippen LogP contribution in [0.3, 0.4) is 0 Å². The van der Waals surface area contributed by atoms with Crippen molar-refractivity contribution in [2.24, 2.45) is 17.1 Å². The Morgan fingerprint density at radius 2 is 2.08 bits per heavy atom. The zero-order chi connectivity index (χ0) is 9.35. The summed E-state index contributed by atoms with van der Waals surface area (Å²) in [5.74, 6) is 0.866. The summed E-state index contributed by atoms with van der Waals surface area (Å²) >= 11 is 0. The molecule has 0 aromatic carbocycles. The average molecular weight is 170 g/mol. The molecule has 0 spiro atoms. The van der Waals surface area contributed by atoms with E-state index < -0.39 is 0 Å². The van der Waals surface area contributed by atoms with Gasteiger partial charge in [0.1, 0.15) is 0 Å². The SMILES string of the molecule is CC1CN(C(=O)C(C)(C)CN)C1. The van der Waals surface area contributed by atoms with Crippen LogP contribution in [0.5, 0.6) is 0 Å². The highest BCUT2D eigenvalue weighted by molar-refractivity contribution is 5.82. The minimum absolute atomic E-state index is 0.197. The Bertz CT molecular complexity index is 183. The van der Waals surface area contributed by atoms with E-state index in [2.05, 4.69) is 6.92 Å². The van der Waals surface area contributed by atoms with E-state index in [4.69, 9.17) is 5.73 Å². The first-order valence-electron chi connectivity index (χ1n) is 4.47. The van der Waals surface area contributed by atoms with Crippen LogP contribution in [0.2, 0.25) is 0 Å². The Hall–Kier alpha value is -0.570. The first kappa shape index (κ1) is 9.52. The van der Waals surface area contributed by atoms with Gasteiger partial charge in [0.2, 0.25) is 5.91 Å². The van der Waals surface area contributed by atoms with Crippen molar-refractivity contribution in [1.82, 2.24) is 4.90 Å². The molecule has 0 aromatic rings. The van der Waals surface area contributed by atoms with Gasteiger partial charge in [0, 0.05) is 19.6 Å². The molecule has 1 aliphatic rings. The third-order valence-corrected chi connectivity index (χ3v) is 2.44. The Kier molecular flexibility index (Phi) is 2.42. The van der Waals surface area contributed by atoms with Gasteiger partial charge in [0.15, 0.2) is 0 Å². The smallest absolute Gasteiger partial charge is 0.229 e. The molecule has 3 heteroatoms. The van der Waals surface area contributed by atoms with Crippen molar-refractivity contribution >= 4 is 5.91 Å². The van der Waals surface area contributed by atoms with Crippen LogP contribution in [0.1, 0.15) is 20.8 Å². The number of carbonyl (C=O) groups is 1. The van der Waals surface area contributed by atoms with Gasteiger partial charge < -0.3 is 10.6 Å². The van der Waals surface area contributed by atoms with E-state index in [1.54, 1.807) is 0 Å². The second-order valence-corrected chi connectivity index (χ2v) is 4.40. The summed E-state index contributed by atoms with van der Waals surface area (Å²) in [5.41, 5.74) is 5.14. The van der Waals surface area contributed by atoms with Gasteiger partial charge in [-0.3, -0.25) is 4.79 Å². The van der Waals surface area contributed by atoms with E-state index >= 15 is 0 Å². The molecule has 1 rings (SSSR count). The minimum atomic E-state index is -0.375. The molecule has 70 valence electrons. The fourth-order valence-corrected chi connectivity index (χ4v) is 1.38. The lowest BCUT2D eigenvalue weighted by Crippen LogP contribution is -2.54. The third-order valence-electron chi connectivity index (χ3n) is 2.44. The molecule has 0 saturated carbocycles. The van der Waals surface area contributed by atoms with Crippen LogP contribution < -0.4 is 5.73 Å². The fraction of sp³-hybridized carbons (Fsp3) is 0.889. The van der Waals surface area contributed by atoms with Crippen molar-refractivity contribution in [2.75, 3.05) is 19.6 Å². The van der Waals surface area contributed by atoms with Gasteiger partial charge in [-0.2, -0.15) is 0 Å². The molecule has 1 fully saturated rings. The maximum atomic E-state index is 11.7. The number of hydrogen-bond acceptors (Lipinski definition) is 2. The second-order valence-electron chi connectivity index (χ2n) is 4.40. The van der Waals surface area contributed by atoms with E-state index in [1.807, 2.05) is 18.7 Å². The molecule has 0 radical (unpaired) electrons. The first-order valence-corrected chi connectivity index (χ1v) is 4.47. The minimum Gasteiger partial charge on any atom is -0.342 e. The number of hydrogen-bond donors (Lipinski definition) is 1. The Morgan fingerprint density at radius 3 is 2.42 bits per heavy atom. The quantitative estimate of drug-likeness (QED) is 0.654. The van der Waals surface area contributed by atoms with E-state index in [-0.39, 0.29) is 11.3 Å². The summed E-state index contributed by atoms with van der Waals surface area (Å²) in [7, 11) is 0. The van der Waals surface area contributed by atoms with Crippen LogP contribution in [-0.4, -0.2) is 30.4 Å². The number of nitrogens with zero attached hydrogens (tertiary/aromatic N) is 1. The molecular formula is C9H18N2O. The van der Waals surface area contributed by atoms with Crippen molar-refractivity contribution < 1.29 is 4.79 Å². The number of likely N-dealkylation sites (tertiary alicyclic amines) is 1. The van der Waals surface area contributed by atoms with Gasteiger partial charge in [-0.25, -0.2) is 0 Å². The third kappa shape index (κ3) is 1.61. The lowest BCUT2D eigenvalue weighted by atomic mass is 9.89. The van der Waals surface area contributed by atoms with Crippen molar-refractivity contribution in [2.45, 2.75) is 20.8 Å². The molecule has 1 heterocycles. The Morgan fingerprint density at radius 1 is 1.58 bits per heavy atom. The fourth-order valence-electron chi connectivity index (χ4n) is 1.38. The topological polar surface area (TPSA) is 46.3 Å². The van der Waals surface area contributed by atoms with Crippen LogP contribution >= 0.6 is 0 Å². The van der Waals surface area contributed by atoms with Crippen LogP contribution in [0, 0.1) is 11.3 Å². The molecule has 1 saturated heterocycles. The number of rotatable bonds is 2. The molecule has 1 amide bonds. The summed E-state index contributed by atoms with van der Waals surface area (Å²) in [6, 6.07) is 0. The number of nitrogens with two attached hydrogens (primary N) is 1. The summed E-state index contributed by atoms with van der Waals surface area (Å²) in [6.07, 6.45) is 0. The summed E-state index contributed by atoms with van der Waals surface area (Å²) in [4.78, 5) is 13.6. The number of carbonyl (C=O) groups excluding carboxylic acids is 1. The van der Waals surface area contributed by atoms with E-state index in [0.717, 1.165) is 13.1 Å². The zero-order valence-electron chi connectivity index (χ0n) is 8.13. The highest BCUT2D eigenvalue weighted by atomic mass is 16.2. The summed E-state index contributed by atoms with van der Waals surface area (Å²) in [5, 5.41) is 0. The molecular weight excluding hydrogens is 152 g/mol. The van der Waals surface area contributed by atoms with Crippen LogP contribution in [0.25, 0.3) is 0 Å².